The Bertz CT molecular complexity index is 400. The fourth-order valence-electron chi connectivity index (χ4n) is 1.88. The summed E-state index contributed by atoms with van der Waals surface area (Å²) >= 11 is 0. The van der Waals surface area contributed by atoms with Gasteiger partial charge >= 0.3 is 0 Å². The highest BCUT2D eigenvalue weighted by molar-refractivity contribution is 5.97. The van der Waals surface area contributed by atoms with E-state index in [2.05, 4.69) is 0 Å². The second-order valence-corrected chi connectivity index (χ2v) is 4.09. The van der Waals surface area contributed by atoms with Crippen LogP contribution >= 0.6 is 0 Å². The Hall–Kier alpha value is -1.25. The van der Waals surface area contributed by atoms with Crippen LogP contribution in [0.4, 0.5) is 0 Å². The van der Waals surface area contributed by atoms with Gasteiger partial charge in [0.1, 0.15) is 24.4 Å². The second kappa shape index (κ2) is 5.17. The van der Waals surface area contributed by atoms with Crippen molar-refractivity contribution in [1.82, 2.24) is 0 Å². The van der Waals surface area contributed by atoms with Gasteiger partial charge in [-0.2, -0.15) is 0 Å². The lowest BCUT2D eigenvalue weighted by Crippen LogP contribution is -2.60. The van der Waals surface area contributed by atoms with Crippen LogP contribution in [0.5, 0.6) is 0 Å². The quantitative estimate of drug-likeness (QED) is 0.477. The zero-order chi connectivity index (χ0) is 13.3. The summed E-state index contributed by atoms with van der Waals surface area (Å²) in [6.07, 6.45) is -5.83. The minimum absolute atomic E-state index is 0.0284. The van der Waals surface area contributed by atoms with E-state index in [-0.39, 0.29) is 5.76 Å². The highest BCUT2D eigenvalue weighted by atomic mass is 16.5. The molecule has 0 aromatic carbocycles. The van der Waals surface area contributed by atoms with Crippen LogP contribution in [0, 0.1) is 0 Å². The number of aliphatic hydroxyl groups is 4. The van der Waals surface area contributed by atoms with Crippen molar-refractivity contribution >= 4 is 5.78 Å². The number of Topliss-reactive ketones (excluding diaryl/α,β-unsaturated/α-hetero) is 1. The number of carbonyl (C=O) groups excluding carboxylic acids is 1. The van der Waals surface area contributed by atoms with Crippen LogP contribution in [0.3, 0.4) is 0 Å². The van der Waals surface area contributed by atoms with Crippen LogP contribution in [0.15, 0.2) is 22.8 Å². The molecule has 0 saturated carbocycles. The lowest BCUT2D eigenvalue weighted by molar-refractivity contribution is -0.215. The molecule has 100 valence electrons. The van der Waals surface area contributed by atoms with Gasteiger partial charge in [0.05, 0.1) is 12.9 Å². The van der Waals surface area contributed by atoms with E-state index in [0.717, 1.165) is 0 Å². The fraction of sp³-hybridized carbons (Fsp3) is 0.545. The van der Waals surface area contributed by atoms with E-state index >= 15 is 0 Å². The first-order valence-electron chi connectivity index (χ1n) is 5.44. The predicted octanol–water partition coefficient (Wildman–Crippen LogP) is -1.70. The Morgan fingerprint density at radius 2 is 1.94 bits per heavy atom. The summed E-state index contributed by atoms with van der Waals surface area (Å²) < 4.78 is 9.98. The van der Waals surface area contributed by atoms with E-state index in [1.165, 1.54) is 18.4 Å². The topological polar surface area (TPSA) is 120 Å². The molecule has 5 atom stereocenters. The van der Waals surface area contributed by atoms with Crippen molar-refractivity contribution in [2.45, 2.75) is 30.5 Å². The number of ether oxygens (including phenoxy) is 1. The summed E-state index contributed by atoms with van der Waals surface area (Å²) in [5.41, 5.74) is 0. The monoisotopic (exact) mass is 258 g/mol. The Balaban J connectivity index is 2.19. The molecular formula is C11H14O7. The molecule has 0 spiro atoms. The van der Waals surface area contributed by atoms with E-state index in [0.29, 0.717) is 0 Å². The third kappa shape index (κ3) is 2.18. The van der Waals surface area contributed by atoms with Gasteiger partial charge in [-0.05, 0) is 12.1 Å². The second-order valence-electron chi connectivity index (χ2n) is 4.09. The maximum Gasteiger partial charge on any atom is 0.229 e. The maximum atomic E-state index is 11.9. The maximum absolute atomic E-state index is 11.9. The van der Waals surface area contributed by atoms with Gasteiger partial charge in [0.15, 0.2) is 11.9 Å². The van der Waals surface area contributed by atoms with E-state index in [1.807, 2.05) is 0 Å². The summed E-state index contributed by atoms with van der Waals surface area (Å²) in [5.74, 6) is -0.684. The summed E-state index contributed by atoms with van der Waals surface area (Å²) in [5, 5.41) is 37.8. The van der Waals surface area contributed by atoms with E-state index < -0.39 is 42.9 Å². The average Bonchev–Trinajstić information content (AvgIpc) is 2.89. The van der Waals surface area contributed by atoms with Crippen LogP contribution < -0.4 is 0 Å². The average molecular weight is 258 g/mol. The number of hydrogen-bond acceptors (Lipinski definition) is 7. The van der Waals surface area contributed by atoms with Gasteiger partial charge in [-0.15, -0.1) is 0 Å². The zero-order valence-electron chi connectivity index (χ0n) is 9.34. The molecule has 2 rings (SSSR count). The Kier molecular flexibility index (Phi) is 3.79. The molecule has 5 unspecified atom stereocenters. The summed E-state index contributed by atoms with van der Waals surface area (Å²) in [6.45, 7) is -0.577. The largest absolute Gasteiger partial charge is 0.461 e. The molecule has 1 aromatic rings. The third-order valence-electron chi connectivity index (χ3n) is 2.91. The molecule has 1 aliphatic rings. The lowest BCUT2D eigenvalue weighted by Gasteiger charge is -2.38. The molecule has 18 heavy (non-hydrogen) atoms. The van der Waals surface area contributed by atoms with Crippen LogP contribution in [-0.2, 0) is 4.74 Å². The van der Waals surface area contributed by atoms with Crippen LogP contribution in [0.2, 0.25) is 0 Å². The zero-order valence-corrected chi connectivity index (χ0v) is 9.34. The normalized spacial score (nSPS) is 36.6. The van der Waals surface area contributed by atoms with E-state index in [4.69, 9.17) is 14.3 Å². The SMILES string of the molecule is O=C(c1ccco1)C1OC(CO)C(O)C(O)C1O. The molecule has 4 N–H and O–H groups in total. The molecule has 0 amide bonds. The Morgan fingerprint density at radius 3 is 2.50 bits per heavy atom. The van der Waals surface area contributed by atoms with E-state index in [1.54, 1.807) is 0 Å². The van der Waals surface area contributed by atoms with Gasteiger partial charge < -0.3 is 29.6 Å². The third-order valence-corrected chi connectivity index (χ3v) is 2.91. The molecule has 2 heterocycles. The summed E-state index contributed by atoms with van der Waals surface area (Å²) in [6, 6.07) is 2.89. The lowest BCUT2D eigenvalue weighted by atomic mass is 9.92. The minimum Gasteiger partial charge on any atom is -0.461 e. The first-order chi connectivity index (χ1) is 8.56. The summed E-state index contributed by atoms with van der Waals surface area (Å²) in [4.78, 5) is 11.9. The van der Waals surface area contributed by atoms with Crippen molar-refractivity contribution in [1.29, 1.82) is 0 Å². The highest BCUT2D eigenvalue weighted by Crippen LogP contribution is 2.23. The molecule has 1 fully saturated rings. The molecule has 1 aromatic heterocycles. The number of rotatable bonds is 3. The van der Waals surface area contributed by atoms with Crippen molar-refractivity contribution in [3.05, 3.63) is 24.2 Å². The molecule has 7 heteroatoms. The molecule has 1 saturated heterocycles. The molecule has 0 radical (unpaired) electrons. The summed E-state index contributed by atoms with van der Waals surface area (Å²) in [7, 11) is 0. The van der Waals surface area contributed by atoms with Gasteiger partial charge in [0.25, 0.3) is 0 Å². The standard InChI is InChI=1S/C11H14O7/c12-4-6-7(13)9(15)10(16)11(18-6)8(14)5-2-1-3-17-5/h1-3,6-7,9-13,15-16H,4H2. The number of carbonyl (C=O) groups is 1. The molecule has 0 aliphatic carbocycles. The van der Waals surface area contributed by atoms with Crippen molar-refractivity contribution in [3.8, 4) is 0 Å². The van der Waals surface area contributed by atoms with Crippen LogP contribution in [0.25, 0.3) is 0 Å². The van der Waals surface area contributed by atoms with Crippen molar-refractivity contribution < 1.29 is 34.4 Å². The Morgan fingerprint density at radius 1 is 1.22 bits per heavy atom. The minimum atomic E-state index is -1.58. The van der Waals surface area contributed by atoms with Crippen molar-refractivity contribution in [2.24, 2.45) is 0 Å². The smallest absolute Gasteiger partial charge is 0.229 e. The van der Waals surface area contributed by atoms with Gasteiger partial charge in [-0.1, -0.05) is 0 Å². The highest BCUT2D eigenvalue weighted by Gasteiger charge is 2.46. The van der Waals surface area contributed by atoms with Gasteiger partial charge in [-0.3, -0.25) is 4.79 Å². The molecule has 7 nitrogen and oxygen atoms in total. The number of hydrogen-bond donors (Lipinski definition) is 4. The number of ketones is 1. The van der Waals surface area contributed by atoms with Gasteiger partial charge in [0.2, 0.25) is 5.78 Å². The van der Waals surface area contributed by atoms with Crippen molar-refractivity contribution in [3.63, 3.8) is 0 Å². The van der Waals surface area contributed by atoms with Crippen molar-refractivity contribution in [2.75, 3.05) is 6.61 Å². The molecule has 1 aliphatic heterocycles. The van der Waals surface area contributed by atoms with E-state index in [9.17, 15) is 20.1 Å². The van der Waals surface area contributed by atoms with Crippen LogP contribution in [0.1, 0.15) is 10.6 Å². The Labute approximate surface area is 102 Å². The molecule has 0 bridgehead atoms. The predicted molar refractivity (Wildman–Crippen MR) is 56.8 cm³/mol. The first-order valence-corrected chi connectivity index (χ1v) is 5.44. The molecular weight excluding hydrogens is 244 g/mol. The fourth-order valence-corrected chi connectivity index (χ4v) is 1.88. The number of furan rings is 1. The van der Waals surface area contributed by atoms with Gasteiger partial charge in [0, 0.05) is 0 Å². The number of aliphatic hydroxyl groups excluding tert-OH is 4. The first kappa shape index (κ1) is 13.2. The van der Waals surface area contributed by atoms with Gasteiger partial charge in [-0.25, -0.2) is 0 Å². The van der Waals surface area contributed by atoms with Crippen LogP contribution in [-0.4, -0.2) is 63.3 Å².